The van der Waals surface area contributed by atoms with Crippen molar-refractivity contribution in [2.24, 2.45) is 0 Å². The number of hydrogen-bond donors (Lipinski definition) is 3. The number of anilines is 2. The molecule has 2 heterocycles. The molecule has 21 heavy (non-hydrogen) atoms. The molecule has 0 aromatic heterocycles. The molecular weight excluding hydrogens is 270 g/mol. The molecule has 0 saturated carbocycles. The molecule has 2 aliphatic heterocycles. The molecule has 1 unspecified atom stereocenters. The van der Waals surface area contributed by atoms with Crippen LogP contribution >= 0.6 is 0 Å². The maximum Gasteiger partial charge on any atom is 0.246 e. The number of carbonyl (C=O) groups is 3. The van der Waals surface area contributed by atoms with E-state index in [1.807, 2.05) is 19.9 Å². The van der Waals surface area contributed by atoms with Gasteiger partial charge in [0.2, 0.25) is 17.7 Å². The highest BCUT2D eigenvalue weighted by atomic mass is 16.2. The number of hydrogen-bond acceptors (Lipinski definition) is 3. The van der Waals surface area contributed by atoms with E-state index in [1.165, 1.54) is 0 Å². The maximum absolute atomic E-state index is 12.1. The lowest BCUT2D eigenvalue weighted by atomic mass is 9.86. The fourth-order valence-corrected chi connectivity index (χ4v) is 2.69. The van der Waals surface area contributed by atoms with Gasteiger partial charge in [-0.3, -0.25) is 14.4 Å². The standard InChI is InChI=1S/C15H17N3O3/c1-15(2)9-7-8(3-4-10(9)18-14(15)21)16-13(20)11-5-6-12(19)17-11/h3-4,7,11H,5-6H2,1-2H3,(H,16,20)(H,17,19)(H,18,21). The van der Waals surface area contributed by atoms with Crippen molar-refractivity contribution in [3.05, 3.63) is 23.8 Å². The Hall–Kier alpha value is -2.37. The van der Waals surface area contributed by atoms with Crippen LogP contribution in [0.3, 0.4) is 0 Å². The molecule has 110 valence electrons. The second-order valence-corrected chi connectivity index (χ2v) is 5.99. The van der Waals surface area contributed by atoms with Crippen LogP contribution in [-0.4, -0.2) is 23.8 Å². The van der Waals surface area contributed by atoms with Gasteiger partial charge in [-0.25, -0.2) is 0 Å². The predicted molar refractivity (Wildman–Crippen MR) is 77.9 cm³/mol. The Kier molecular flexibility index (Phi) is 2.97. The van der Waals surface area contributed by atoms with Crippen molar-refractivity contribution >= 4 is 29.1 Å². The van der Waals surface area contributed by atoms with Crippen LogP contribution in [-0.2, 0) is 19.8 Å². The van der Waals surface area contributed by atoms with Gasteiger partial charge in [-0.15, -0.1) is 0 Å². The van der Waals surface area contributed by atoms with Crippen LogP contribution in [0.25, 0.3) is 0 Å². The van der Waals surface area contributed by atoms with Crippen molar-refractivity contribution in [2.75, 3.05) is 10.6 Å². The smallest absolute Gasteiger partial charge is 0.246 e. The lowest BCUT2D eigenvalue weighted by molar-refractivity contribution is -0.122. The summed E-state index contributed by atoms with van der Waals surface area (Å²) in [4.78, 5) is 35.1. The van der Waals surface area contributed by atoms with E-state index in [4.69, 9.17) is 0 Å². The first-order valence-corrected chi connectivity index (χ1v) is 6.94. The molecule has 6 nitrogen and oxygen atoms in total. The summed E-state index contributed by atoms with van der Waals surface area (Å²) in [5.74, 6) is -0.375. The van der Waals surface area contributed by atoms with E-state index in [0.717, 1.165) is 11.3 Å². The first kappa shape index (κ1) is 13.6. The fourth-order valence-electron chi connectivity index (χ4n) is 2.69. The molecule has 0 aliphatic carbocycles. The molecule has 3 amide bonds. The summed E-state index contributed by atoms with van der Waals surface area (Å²) < 4.78 is 0. The van der Waals surface area contributed by atoms with Crippen LogP contribution in [0.4, 0.5) is 11.4 Å². The lowest BCUT2D eigenvalue weighted by Gasteiger charge is -2.17. The summed E-state index contributed by atoms with van der Waals surface area (Å²) in [5, 5.41) is 8.25. The molecule has 1 atom stereocenters. The number of carbonyl (C=O) groups excluding carboxylic acids is 3. The zero-order valence-electron chi connectivity index (χ0n) is 11.9. The molecular formula is C15H17N3O3. The minimum absolute atomic E-state index is 0.0518. The maximum atomic E-state index is 12.1. The van der Waals surface area contributed by atoms with E-state index in [1.54, 1.807) is 12.1 Å². The van der Waals surface area contributed by atoms with Crippen LogP contribution < -0.4 is 16.0 Å². The highest BCUT2D eigenvalue weighted by Crippen LogP contribution is 2.38. The van der Waals surface area contributed by atoms with Crippen LogP contribution in [0.15, 0.2) is 18.2 Å². The number of fused-ring (bicyclic) bond motifs is 1. The third-order valence-corrected chi connectivity index (χ3v) is 4.09. The number of rotatable bonds is 2. The summed E-state index contributed by atoms with van der Waals surface area (Å²) in [6.45, 7) is 3.69. The number of nitrogens with one attached hydrogen (secondary N) is 3. The van der Waals surface area contributed by atoms with E-state index in [0.29, 0.717) is 18.5 Å². The Morgan fingerprint density at radius 3 is 2.76 bits per heavy atom. The average molecular weight is 287 g/mol. The van der Waals surface area contributed by atoms with E-state index in [2.05, 4.69) is 16.0 Å². The first-order valence-electron chi connectivity index (χ1n) is 6.94. The van der Waals surface area contributed by atoms with Gasteiger partial charge >= 0.3 is 0 Å². The summed E-state index contributed by atoms with van der Waals surface area (Å²) in [6, 6.07) is 4.86. The SMILES string of the molecule is CC1(C)C(=O)Nc2ccc(NC(=O)C3CCC(=O)N3)cc21. The number of benzene rings is 1. The Labute approximate surface area is 122 Å². The average Bonchev–Trinajstić information content (AvgIpc) is 2.94. The molecule has 1 aromatic rings. The monoisotopic (exact) mass is 287 g/mol. The Morgan fingerprint density at radius 2 is 2.10 bits per heavy atom. The molecule has 1 fully saturated rings. The Morgan fingerprint density at radius 1 is 1.33 bits per heavy atom. The topological polar surface area (TPSA) is 87.3 Å². The normalized spacial score (nSPS) is 22.5. The molecule has 0 bridgehead atoms. The van der Waals surface area contributed by atoms with Gasteiger partial charge in [-0.2, -0.15) is 0 Å². The highest BCUT2D eigenvalue weighted by molar-refractivity contribution is 6.06. The summed E-state index contributed by atoms with van der Waals surface area (Å²) in [6.07, 6.45) is 0.898. The van der Waals surface area contributed by atoms with Crippen molar-refractivity contribution in [2.45, 2.75) is 38.1 Å². The van der Waals surface area contributed by atoms with Gasteiger partial charge in [0.1, 0.15) is 6.04 Å². The summed E-state index contributed by atoms with van der Waals surface area (Å²) in [5.41, 5.74) is 1.65. The largest absolute Gasteiger partial charge is 0.344 e. The van der Waals surface area contributed by atoms with E-state index in [-0.39, 0.29) is 17.7 Å². The minimum Gasteiger partial charge on any atom is -0.344 e. The molecule has 2 aliphatic rings. The van der Waals surface area contributed by atoms with Crippen LogP contribution in [0.1, 0.15) is 32.3 Å². The highest BCUT2D eigenvalue weighted by Gasteiger charge is 2.38. The van der Waals surface area contributed by atoms with Gasteiger partial charge < -0.3 is 16.0 Å². The zero-order valence-corrected chi connectivity index (χ0v) is 11.9. The van der Waals surface area contributed by atoms with Gasteiger partial charge in [0.25, 0.3) is 0 Å². The second kappa shape index (κ2) is 4.58. The molecule has 6 heteroatoms. The Balaban J connectivity index is 1.79. The van der Waals surface area contributed by atoms with Crippen LogP contribution in [0, 0.1) is 0 Å². The van der Waals surface area contributed by atoms with Crippen molar-refractivity contribution < 1.29 is 14.4 Å². The van der Waals surface area contributed by atoms with Crippen LogP contribution in [0.5, 0.6) is 0 Å². The van der Waals surface area contributed by atoms with E-state index >= 15 is 0 Å². The van der Waals surface area contributed by atoms with Crippen molar-refractivity contribution in [3.63, 3.8) is 0 Å². The second-order valence-electron chi connectivity index (χ2n) is 5.99. The van der Waals surface area contributed by atoms with Crippen molar-refractivity contribution in [3.8, 4) is 0 Å². The minimum atomic E-state index is -0.613. The summed E-state index contributed by atoms with van der Waals surface area (Å²) >= 11 is 0. The molecule has 0 radical (unpaired) electrons. The third kappa shape index (κ3) is 2.26. The van der Waals surface area contributed by atoms with Gasteiger partial charge in [-0.1, -0.05) is 0 Å². The van der Waals surface area contributed by atoms with E-state index < -0.39 is 11.5 Å². The first-order chi connectivity index (χ1) is 9.88. The molecule has 0 spiro atoms. The van der Waals surface area contributed by atoms with Gasteiger partial charge in [-0.05, 0) is 44.0 Å². The molecule has 3 rings (SSSR count). The number of amides is 3. The van der Waals surface area contributed by atoms with Crippen molar-refractivity contribution in [1.82, 2.24) is 5.32 Å². The van der Waals surface area contributed by atoms with Gasteiger partial charge in [0, 0.05) is 17.8 Å². The molecule has 3 N–H and O–H groups in total. The zero-order chi connectivity index (χ0) is 15.2. The molecule has 1 aromatic carbocycles. The van der Waals surface area contributed by atoms with E-state index in [9.17, 15) is 14.4 Å². The quantitative estimate of drug-likeness (QED) is 0.762. The molecule has 1 saturated heterocycles. The van der Waals surface area contributed by atoms with Crippen LogP contribution in [0.2, 0.25) is 0 Å². The van der Waals surface area contributed by atoms with Gasteiger partial charge in [0.15, 0.2) is 0 Å². The predicted octanol–water partition coefficient (Wildman–Crippen LogP) is 1.13. The lowest BCUT2D eigenvalue weighted by Crippen LogP contribution is -2.37. The Bertz CT molecular complexity index is 652. The summed E-state index contributed by atoms with van der Waals surface area (Å²) in [7, 11) is 0. The van der Waals surface area contributed by atoms with Crippen molar-refractivity contribution in [1.29, 1.82) is 0 Å². The van der Waals surface area contributed by atoms with Gasteiger partial charge in [0.05, 0.1) is 5.41 Å². The fraction of sp³-hybridized carbons (Fsp3) is 0.400. The third-order valence-electron chi connectivity index (χ3n) is 4.09.